The Labute approximate surface area is 157 Å². The molecule has 1 aliphatic rings. The molecule has 0 radical (unpaired) electrons. The second-order valence-corrected chi connectivity index (χ2v) is 7.19. The van der Waals surface area contributed by atoms with E-state index in [1.807, 2.05) is 30.3 Å². The Bertz CT molecular complexity index is 673. The lowest BCUT2D eigenvalue weighted by atomic mass is 10.0. The van der Waals surface area contributed by atoms with E-state index in [-0.39, 0.29) is 0 Å². The first kappa shape index (κ1) is 18.5. The summed E-state index contributed by atoms with van der Waals surface area (Å²) >= 11 is 0. The number of hydrogen-bond donors (Lipinski definition) is 0. The molecule has 1 heterocycles. The number of ether oxygens (including phenoxy) is 1. The molecule has 1 fully saturated rings. The first-order valence-electron chi connectivity index (χ1n) is 9.76. The Balaban J connectivity index is 1.43. The lowest BCUT2D eigenvalue weighted by Crippen LogP contribution is -2.38. The predicted octanol–water partition coefficient (Wildman–Crippen LogP) is 5.04. The number of anilines is 1. The second-order valence-electron chi connectivity index (χ2n) is 7.19. The first-order chi connectivity index (χ1) is 12.7. The van der Waals surface area contributed by atoms with Crippen LogP contribution in [-0.4, -0.2) is 25.0 Å². The lowest BCUT2D eigenvalue weighted by molar-refractivity contribution is -0.117. The van der Waals surface area contributed by atoms with E-state index in [0.29, 0.717) is 18.3 Å². The van der Waals surface area contributed by atoms with Gasteiger partial charge in [-0.25, -0.2) is 0 Å². The van der Waals surface area contributed by atoms with Crippen LogP contribution in [0.4, 0.5) is 5.69 Å². The van der Waals surface area contributed by atoms with Gasteiger partial charge in [-0.15, -0.1) is 0 Å². The topological polar surface area (TPSA) is 29.5 Å². The maximum atomic E-state index is 11.0. The number of aryl methyl sites for hydroxylation is 1. The van der Waals surface area contributed by atoms with Crippen molar-refractivity contribution < 1.29 is 9.53 Å². The summed E-state index contributed by atoms with van der Waals surface area (Å²) in [6, 6.07) is 19.0. The van der Waals surface area contributed by atoms with Gasteiger partial charge in [-0.05, 0) is 56.0 Å². The van der Waals surface area contributed by atoms with Crippen LogP contribution in [0.3, 0.4) is 0 Å². The van der Waals surface area contributed by atoms with Crippen LogP contribution in [0.5, 0.6) is 5.75 Å². The number of carbonyl (C=O) groups is 1. The number of piperidine rings is 1. The molecule has 0 atom stereocenters. The van der Waals surface area contributed by atoms with Crippen molar-refractivity contribution in [2.45, 2.75) is 51.6 Å². The van der Waals surface area contributed by atoms with Crippen LogP contribution < -0.4 is 9.64 Å². The van der Waals surface area contributed by atoms with E-state index < -0.39 is 0 Å². The molecule has 0 aromatic heterocycles. The molecule has 0 unspecified atom stereocenters. The van der Waals surface area contributed by atoms with Gasteiger partial charge in [0.05, 0.1) is 0 Å². The van der Waals surface area contributed by atoms with Crippen molar-refractivity contribution in [3.8, 4) is 5.75 Å². The molecular weight excluding hydrogens is 322 g/mol. The molecule has 3 heteroatoms. The average molecular weight is 351 g/mol. The number of para-hydroxylation sites is 1. The Morgan fingerprint density at radius 2 is 1.69 bits per heavy atom. The van der Waals surface area contributed by atoms with Crippen molar-refractivity contribution in [3.63, 3.8) is 0 Å². The normalized spacial score (nSPS) is 15.0. The molecule has 0 bridgehead atoms. The predicted molar refractivity (Wildman–Crippen MR) is 107 cm³/mol. The van der Waals surface area contributed by atoms with Gasteiger partial charge >= 0.3 is 0 Å². The van der Waals surface area contributed by atoms with Crippen LogP contribution >= 0.6 is 0 Å². The SMILES string of the molecule is CC(=O)CCCCc1ccc(N2CCC(Oc3ccccc3)CC2)cc1. The number of hydrogen-bond acceptors (Lipinski definition) is 3. The van der Waals surface area contributed by atoms with Gasteiger partial charge in [-0.2, -0.15) is 0 Å². The Morgan fingerprint density at radius 1 is 1.00 bits per heavy atom. The van der Waals surface area contributed by atoms with Gasteiger partial charge in [0.2, 0.25) is 0 Å². The van der Waals surface area contributed by atoms with E-state index in [1.165, 1.54) is 11.3 Å². The number of Topliss-reactive ketones (excluding diaryl/α,β-unsaturated/α-hetero) is 1. The number of nitrogens with zero attached hydrogens (tertiary/aromatic N) is 1. The van der Waals surface area contributed by atoms with Gasteiger partial charge in [0.15, 0.2) is 0 Å². The maximum Gasteiger partial charge on any atom is 0.129 e. The third-order valence-electron chi connectivity index (χ3n) is 5.03. The highest BCUT2D eigenvalue weighted by Crippen LogP contribution is 2.24. The number of benzene rings is 2. The van der Waals surface area contributed by atoms with Crippen molar-refractivity contribution in [3.05, 3.63) is 60.2 Å². The van der Waals surface area contributed by atoms with Gasteiger partial charge in [0.25, 0.3) is 0 Å². The Kier molecular flexibility index (Phi) is 6.70. The summed E-state index contributed by atoms with van der Waals surface area (Å²) in [5, 5.41) is 0. The highest BCUT2D eigenvalue weighted by molar-refractivity contribution is 5.75. The summed E-state index contributed by atoms with van der Waals surface area (Å²) in [4.78, 5) is 13.4. The molecule has 26 heavy (non-hydrogen) atoms. The molecule has 1 saturated heterocycles. The number of rotatable bonds is 8. The Morgan fingerprint density at radius 3 is 2.35 bits per heavy atom. The highest BCUT2D eigenvalue weighted by atomic mass is 16.5. The zero-order chi connectivity index (χ0) is 18.2. The summed E-state index contributed by atoms with van der Waals surface area (Å²) in [6.45, 7) is 3.74. The molecule has 0 N–H and O–H groups in total. The van der Waals surface area contributed by atoms with Crippen LogP contribution in [0.15, 0.2) is 54.6 Å². The van der Waals surface area contributed by atoms with Crippen LogP contribution in [0.1, 0.15) is 44.6 Å². The van der Waals surface area contributed by atoms with E-state index in [9.17, 15) is 4.79 Å². The zero-order valence-corrected chi connectivity index (χ0v) is 15.7. The number of ketones is 1. The van der Waals surface area contributed by atoms with Crippen molar-refractivity contribution in [1.29, 1.82) is 0 Å². The second kappa shape index (κ2) is 9.42. The first-order valence-corrected chi connectivity index (χ1v) is 9.76. The van der Waals surface area contributed by atoms with Gasteiger partial charge in [0.1, 0.15) is 17.6 Å². The molecule has 1 aliphatic heterocycles. The van der Waals surface area contributed by atoms with Crippen molar-refractivity contribution in [2.24, 2.45) is 0 Å². The summed E-state index contributed by atoms with van der Waals surface area (Å²) in [7, 11) is 0. The molecule has 2 aromatic carbocycles. The average Bonchev–Trinajstić information content (AvgIpc) is 2.67. The minimum Gasteiger partial charge on any atom is -0.490 e. The molecule has 2 aromatic rings. The summed E-state index contributed by atoms with van der Waals surface area (Å²) < 4.78 is 6.08. The standard InChI is InChI=1S/C23H29NO2/c1-19(25)7-5-6-8-20-11-13-21(14-12-20)24-17-15-23(16-18-24)26-22-9-3-2-4-10-22/h2-4,9-14,23H,5-8,15-18H2,1H3. The van der Waals surface area contributed by atoms with E-state index in [2.05, 4.69) is 29.2 Å². The van der Waals surface area contributed by atoms with Crippen LogP contribution in [-0.2, 0) is 11.2 Å². The fourth-order valence-electron chi connectivity index (χ4n) is 3.50. The summed E-state index contributed by atoms with van der Waals surface area (Å²) in [6.07, 6.45) is 6.27. The molecule has 3 nitrogen and oxygen atoms in total. The van der Waals surface area contributed by atoms with Gasteiger partial charge in [-0.1, -0.05) is 30.3 Å². The third-order valence-corrected chi connectivity index (χ3v) is 5.03. The molecule has 3 rings (SSSR count). The highest BCUT2D eigenvalue weighted by Gasteiger charge is 2.20. The zero-order valence-electron chi connectivity index (χ0n) is 15.7. The Hall–Kier alpha value is -2.29. The molecule has 0 spiro atoms. The van der Waals surface area contributed by atoms with Crippen molar-refractivity contribution in [1.82, 2.24) is 0 Å². The molecule has 0 aliphatic carbocycles. The fraction of sp³-hybridized carbons (Fsp3) is 0.435. The minimum atomic E-state index is 0.292. The largest absolute Gasteiger partial charge is 0.490 e. The van der Waals surface area contributed by atoms with Crippen molar-refractivity contribution >= 4 is 11.5 Å². The van der Waals surface area contributed by atoms with Crippen LogP contribution in [0.25, 0.3) is 0 Å². The van der Waals surface area contributed by atoms with Gasteiger partial charge < -0.3 is 14.4 Å². The van der Waals surface area contributed by atoms with Crippen molar-refractivity contribution in [2.75, 3.05) is 18.0 Å². The minimum absolute atomic E-state index is 0.292. The lowest BCUT2D eigenvalue weighted by Gasteiger charge is -2.33. The van der Waals surface area contributed by atoms with E-state index in [1.54, 1.807) is 6.92 Å². The molecule has 0 saturated carbocycles. The molecule has 138 valence electrons. The monoisotopic (exact) mass is 351 g/mol. The van der Waals surface area contributed by atoms with Gasteiger partial charge in [0, 0.05) is 38.0 Å². The quantitative estimate of drug-likeness (QED) is 0.624. The molecule has 0 amide bonds. The van der Waals surface area contributed by atoms with Crippen LogP contribution in [0, 0.1) is 0 Å². The van der Waals surface area contributed by atoms with E-state index in [0.717, 1.165) is 50.9 Å². The maximum absolute atomic E-state index is 11.0. The fourth-order valence-corrected chi connectivity index (χ4v) is 3.50. The van der Waals surface area contributed by atoms with Gasteiger partial charge in [-0.3, -0.25) is 0 Å². The van der Waals surface area contributed by atoms with E-state index >= 15 is 0 Å². The number of unbranched alkanes of at least 4 members (excludes halogenated alkanes) is 1. The third kappa shape index (κ3) is 5.62. The number of carbonyl (C=O) groups excluding carboxylic acids is 1. The summed E-state index contributed by atoms with van der Waals surface area (Å²) in [5.41, 5.74) is 2.66. The van der Waals surface area contributed by atoms with Crippen LogP contribution in [0.2, 0.25) is 0 Å². The summed E-state index contributed by atoms with van der Waals surface area (Å²) in [5.74, 6) is 1.26. The van der Waals surface area contributed by atoms with E-state index in [4.69, 9.17) is 4.74 Å². The molecular formula is C23H29NO2. The smallest absolute Gasteiger partial charge is 0.129 e.